The fourth-order valence-corrected chi connectivity index (χ4v) is 1.65. The zero-order valence-corrected chi connectivity index (χ0v) is 10.0. The molecule has 5 heteroatoms. The monoisotopic (exact) mass is 246 g/mol. The summed E-state index contributed by atoms with van der Waals surface area (Å²) in [7, 11) is 0. The summed E-state index contributed by atoms with van der Waals surface area (Å²) in [6.07, 6.45) is 5.96. The molecule has 0 saturated heterocycles. The molecule has 0 spiro atoms. The van der Waals surface area contributed by atoms with E-state index in [9.17, 15) is 4.79 Å². The lowest BCUT2D eigenvalue weighted by Gasteiger charge is -2.12. The van der Waals surface area contributed by atoms with Crippen molar-refractivity contribution < 1.29 is 14.3 Å². The van der Waals surface area contributed by atoms with Gasteiger partial charge < -0.3 is 20.5 Å². The van der Waals surface area contributed by atoms with E-state index in [1.165, 1.54) is 0 Å². The van der Waals surface area contributed by atoms with Gasteiger partial charge in [0.2, 0.25) is 6.79 Å². The molecule has 0 fully saturated rings. The molecule has 0 radical (unpaired) electrons. The van der Waals surface area contributed by atoms with E-state index >= 15 is 0 Å². The Kier molecular flexibility index (Phi) is 3.28. The van der Waals surface area contributed by atoms with E-state index in [1.54, 1.807) is 12.1 Å². The number of benzene rings is 1. The Morgan fingerprint density at radius 1 is 1.56 bits per heavy atom. The molecule has 5 nitrogen and oxygen atoms in total. The number of ether oxygens (including phenoxy) is 2. The maximum atomic E-state index is 12.0. The van der Waals surface area contributed by atoms with Gasteiger partial charge in [-0.2, -0.15) is 0 Å². The maximum Gasteiger partial charge on any atom is 0.254 e. The predicted octanol–water partition coefficient (Wildman–Crippen LogP) is 1.14. The molecule has 1 heterocycles. The first kappa shape index (κ1) is 12.1. The lowest BCUT2D eigenvalue weighted by atomic mass is 10.1. The topological polar surface area (TPSA) is 73.6 Å². The zero-order chi connectivity index (χ0) is 13.1. The van der Waals surface area contributed by atoms with E-state index in [4.69, 9.17) is 21.6 Å². The summed E-state index contributed by atoms with van der Waals surface area (Å²) in [6.45, 7) is 2.04. The minimum atomic E-state index is -0.310. The van der Waals surface area contributed by atoms with Gasteiger partial charge in [-0.1, -0.05) is 12.8 Å². The fraction of sp³-hybridized carbons (Fsp3) is 0.308. The number of nitrogen functional groups attached to an aromatic ring is 1. The number of amides is 1. The van der Waals surface area contributed by atoms with Gasteiger partial charge in [0.1, 0.15) is 0 Å². The normalized spacial score (nSPS) is 13.8. The number of hydrogen-bond acceptors (Lipinski definition) is 4. The summed E-state index contributed by atoms with van der Waals surface area (Å²) < 4.78 is 10.4. The van der Waals surface area contributed by atoms with Crippen LogP contribution in [0.1, 0.15) is 23.7 Å². The lowest BCUT2D eigenvalue weighted by Crippen LogP contribution is -2.33. The van der Waals surface area contributed by atoms with E-state index in [2.05, 4.69) is 11.2 Å². The number of nitrogens with one attached hydrogen (secondary N) is 1. The molecule has 1 amide bonds. The molecule has 2 rings (SSSR count). The molecule has 1 unspecified atom stereocenters. The Morgan fingerprint density at radius 3 is 2.83 bits per heavy atom. The summed E-state index contributed by atoms with van der Waals surface area (Å²) in [5.41, 5.74) is 6.48. The predicted molar refractivity (Wildman–Crippen MR) is 67.4 cm³/mol. The van der Waals surface area contributed by atoms with Crippen molar-refractivity contribution >= 4 is 11.6 Å². The molecule has 1 atom stereocenters. The molecule has 1 aromatic rings. The van der Waals surface area contributed by atoms with E-state index in [0.29, 0.717) is 29.2 Å². The third-order valence-corrected chi connectivity index (χ3v) is 2.70. The van der Waals surface area contributed by atoms with Crippen LogP contribution in [0.5, 0.6) is 11.5 Å². The van der Waals surface area contributed by atoms with Gasteiger partial charge in [-0.3, -0.25) is 4.79 Å². The van der Waals surface area contributed by atoms with Crippen LogP contribution in [0.2, 0.25) is 0 Å². The van der Waals surface area contributed by atoms with Gasteiger partial charge in [-0.25, -0.2) is 0 Å². The molecular weight excluding hydrogens is 232 g/mol. The standard InChI is InChI=1S/C13H14N2O3/c1-3-8(4-2)15-13(16)9-5-11-12(6-10(9)14)18-7-17-11/h1,5-6,8H,4,7,14H2,2H3,(H,15,16). The van der Waals surface area contributed by atoms with Crippen molar-refractivity contribution in [2.75, 3.05) is 12.5 Å². The molecular formula is C13H14N2O3. The van der Waals surface area contributed by atoms with Gasteiger partial charge in [0, 0.05) is 11.8 Å². The lowest BCUT2D eigenvalue weighted by molar-refractivity contribution is 0.0945. The Hall–Kier alpha value is -2.35. The molecule has 0 aromatic heterocycles. The Morgan fingerprint density at radius 2 is 2.22 bits per heavy atom. The Bertz CT molecular complexity index is 520. The number of nitrogens with two attached hydrogens (primary N) is 1. The average Bonchev–Trinajstić information content (AvgIpc) is 2.81. The minimum Gasteiger partial charge on any atom is -0.454 e. The second-order valence-electron chi connectivity index (χ2n) is 3.89. The minimum absolute atomic E-state index is 0.141. The van der Waals surface area contributed by atoms with Gasteiger partial charge in [0.05, 0.1) is 11.6 Å². The molecule has 18 heavy (non-hydrogen) atoms. The van der Waals surface area contributed by atoms with Crippen LogP contribution in [-0.2, 0) is 0 Å². The quantitative estimate of drug-likeness (QED) is 0.619. The highest BCUT2D eigenvalue weighted by Gasteiger charge is 2.20. The molecule has 1 aromatic carbocycles. The molecule has 0 saturated carbocycles. The molecule has 0 bridgehead atoms. The van der Waals surface area contributed by atoms with Crippen molar-refractivity contribution in [3.8, 4) is 23.8 Å². The average molecular weight is 246 g/mol. The number of anilines is 1. The number of carbonyl (C=O) groups is 1. The van der Waals surface area contributed by atoms with Crippen LogP contribution in [-0.4, -0.2) is 18.7 Å². The highest BCUT2D eigenvalue weighted by Crippen LogP contribution is 2.35. The summed E-state index contributed by atoms with van der Waals surface area (Å²) in [4.78, 5) is 12.0. The third kappa shape index (κ3) is 2.18. The van der Waals surface area contributed by atoms with E-state index in [0.717, 1.165) is 0 Å². The van der Waals surface area contributed by atoms with Crippen LogP contribution in [0.4, 0.5) is 5.69 Å². The zero-order valence-electron chi connectivity index (χ0n) is 10.0. The number of fused-ring (bicyclic) bond motifs is 1. The van der Waals surface area contributed by atoms with Crippen LogP contribution in [0.3, 0.4) is 0 Å². The Labute approximate surface area is 105 Å². The SMILES string of the molecule is C#CC(CC)NC(=O)c1cc2c(cc1N)OCO2. The molecule has 0 aliphatic carbocycles. The van der Waals surface area contributed by atoms with Gasteiger partial charge in [-0.15, -0.1) is 6.42 Å². The van der Waals surface area contributed by atoms with E-state index < -0.39 is 0 Å². The largest absolute Gasteiger partial charge is 0.454 e. The highest BCUT2D eigenvalue weighted by atomic mass is 16.7. The van der Waals surface area contributed by atoms with E-state index in [-0.39, 0.29) is 18.7 Å². The number of carbonyl (C=O) groups excluding carboxylic acids is 1. The molecule has 94 valence electrons. The van der Waals surface area contributed by atoms with Gasteiger partial charge in [-0.05, 0) is 12.5 Å². The van der Waals surface area contributed by atoms with Crippen molar-refractivity contribution in [2.24, 2.45) is 0 Å². The maximum absolute atomic E-state index is 12.0. The summed E-state index contributed by atoms with van der Waals surface area (Å²) in [6, 6.07) is 2.84. The first-order valence-electron chi connectivity index (χ1n) is 5.61. The summed E-state index contributed by atoms with van der Waals surface area (Å²) >= 11 is 0. The first-order valence-corrected chi connectivity index (χ1v) is 5.61. The first-order chi connectivity index (χ1) is 8.65. The number of terminal acetylenes is 1. The van der Waals surface area contributed by atoms with Gasteiger partial charge in [0.25, 0.3) is 5.91 Å². The summed E-state index contributed by atoms with van der Waals surface area (Å²) in [5.74, 6) is 3.25. The molecule has 1 aliphatic rings. The van der Waals surface area contributed by atoms with E-state index in [1.807, 2.05) is 6.92 Å². The second kappa shape index (κ2) is 4.88. The Balaban J connectivity index is 2.23. The number of hydrogen-bond donors (Lipinski definition) is 2. The summed E-state index contributed by atoms with van der Waals surface area (Å²) in [5, 5.41) is 2.71. The number of rotatable bonds is 3. The van der Waals surface area contributed by atoms with Crippen LogP contribution in [0.15, 0.2) is 12.1 Å². The highest BCUT2D eigenvalue weighted by molar-refractivity contribution is 6.00. The van der Waals surface area contributed by atoms with Crippen molar-refractivity contribution in [1.82, 2.24) is 5.32 Å². The van der Waals surface area contributed by atoms with Crippen molar-refractivity contribution in [3.05, 3.63) is 17.7 Å². The second-order valence-corrected chi connectivity index (χ2v) is 3.89. The fourth-order valence-electron chi connectivity index (χ4n) is 1.65. The van der Waals surface area contributed by atoms with Crippen LogP contribution in [0, 0.1) is 12.3 Å². The van der Waals surface area contributed by atoms with Crippen LogP contribution < -0.4 is 20.5 Å². The smallest absolute Gasteiger partial charge is 0.254 e. The van der Waals surface area contributed by atoms with Crippen LogP contribution >= 0.6 is 0 Å². The van der Waals surface area contributed by atoms with Gasteiger partial charge >= 0.3 is 0 Å². The molecule has 3 N–H and O–H groups in total. The van der Waals surface area contributed by atoms with Crippen molar-refractivity contribution in [3.63, 3.8) is 0 Å². The third-order valence-electron chi connectivity index (χ3n) is 2.70. The van der Waals surface area contributed by atoms with Crippen molar-refractivity contribution in [1.29, 1.82) is 0 Å². The van der Waals surface area contributed by atoms with Crippen LogP contribution in [0.25, 0.3) is 0 Å². The van der Waals surface area contributed by atoms with Crippen molar-refractivity contribution in [2.45, 2.75) is 19.4 Å². The molecule has 1 aliphatic heterocycles. The van der Waals surface area contributed by atoms with Gasteiger partial charge in [0.15, 0.2) is 11.5 Å².